The smallest absolute Gasteiger partial charge is 0.410 e. The molecule has 1 aliphatic rings. The summed E-state index contributed by atoms with van der Waals surface area (Å²) in [4.78, 5) is 21.9. The molecule has 1 aromatic carbocycles. The van der Waals surface area contributed by atoms with Crippen molar-refractivity contribution in [3.8, 4) is 28.7 Å². The van der Waals surface area contributed by atoms with Crippen LogP contribution in [0.25, 0.3) is 22.2 Å². The number of hydrogen-bond acceptors (Lipinski definition) is 6. The molecule has 1 fully saturated rings. The fraction of sp³-hybridized carbons (Fsp3) is 0.375. The van der Waals surface area contributed by atoms with Gasteiger partial charge in [-0.1, -0.05) is 23.6 Å². The number of methoxy groups -OCH3 is 1. The van der Waals surface area contributed by atoms with Gasteiger partial charge in [0, 0.05) is 12.6 Å². The van der Waals surface area contributed by atoms with Gasteiger partial charge in [-0.05, 0) is 44.4 Å². The molecule has 0 unspecified atom stereocenters. The van der Waals surface area contributed by atoms with Crippen molar-refractivity contribution < 1.29 is 18.7 Å². The van der Waals surface area contributed by atoms with E-state index >= 15 is 4.39 Å². The molecule has 1 amide bonds. The predicted molar refractivity (Wildman–Crippen MR) is 128 cm³/mol. The molecule has 178 valence electrons. The van der Waals surface area contributed by atoms with Gasteiger partial charge in [0.1, 0.15) is 34.8 Å². The third-order valence-electron chi connectivity index (χ3n) is 5.38. The number of amides is 1. The van der Waals surface area contributed by atoms with Gasteiger partial charge in [0.15, 0.2) is 0 Å². The summed E-state index contributed by atoms with van der Waals surface area (Å²) in [7, 11) is 3.29. The summed E-state index contributed by atoms with van der Waals surface area (Å²) in [5.41, 5.74) is 6.09. The number of aromatic nitrogens is 3. The summed E-state index contributed by atoms with van der Waals surface area (Å²) in [6.07, 6.45) is 0.798. The zero-order chi connectivity index (χ0) is 24.8. The van der Waals surface area contributed by atoms with Crippen LogP contribution in [0.4, 0.5) is 15.0 Å². The molecule has 10 heteroatoms. The number of benzene rings is 1. The van der Waals surface area contributed by atoms with Gasteiger partial charge in [0.2, 0.25) is 5.67 Å². The Kier molecular flexibility index (Phi) is 5.82. The normalized spacial score (nSPS) is 14.9. The predicted octanol–water partition coefficient (Wildman–Crippen LogP) is 4.19. The number of rotatable bonds is 2. The van der Waals surface area contributed by atoms with Crippen molar-refractivity contribution in [3.63, 3.8) is 0 Å². The van der Waals surface area contributed by atoms with E-state index in [0.717, 1.165) is 5.56 Å². The Morgan fingerprint density at radius 1 is 1.29 bits per heavy atom. The molecule has 0 radical (unpaired) electrons. The molecule has 34 heavy (non-hydrogen) atoms. The molecule has 1 saturated heterocycles. The van der Waals surface area contributed by atoms with Crippen LogP contribution in [0.3, 0.4) is 0 Å². The van der Waals surface area contributed by atoms with Crippen molar-refractivity contribution >= 4 is 34.5 Å². The van der Waals surface area contributed by atoms with E-state index in [4.69, 9.17) is 26.8 Å². The van der Waals surface area contributed by atoms with E-state index in [-0.39, 0.29) is 18.9 Å². The number of halogens is 2. The highest BCUT2D eigenvalue weighted by molar-refractivity contribution is 6.32. The second kappa shape index (κ2) is 8.37. The average molecular weight is 486 g/mol. The van der Waals surface area contributed by atoms with Crippen LogP contribution in [0.15, 0.2) is 24.5 Å². The van der Waals surface area contributed by atoms with E-state index in [0.29, 0.717) is 33.1 Å². The van der Waals surface area contributed by atoms with Gasteiger partial charge >= 0.3 is 6.09 Å². The molecule has 2 aromatic heterocycles. The number of carbonyl (C=O) groups excluding carboxylic acids is 1. The number of ether oxygens (including phenoxy) is 2. The van der Waals surface area contributed by atoms with Crippen molar-refractivity contribution in [1.82, 2.24) is 19.4 Å². The number of nitrogens with two attached hydrogens (primary N) is 1. The minimum atomic E-state index is -1.86. The lowest BCUT2D eigenvalue weighted by Gasteiger charge is -2.41. The van der Waals surface area contributed by atoms with Crippen molar-refractivity contribution in [2.45, 2.75) is 32.0 Å². The van der Waals surface area contributed by atoms with E-state index < -0.39 is 17.4 Å². The van der Waals surface area contributed by atoms with Gasteiger partial charge in [-0.3, -0.25) is 4.90 Å². The number of carbonyl (C=O) groups is 1. The van der Waals surface area contributed by atoms with Crippen LogP contribution in [0.1, 0.15) is 26.5 Å². The van der Waals surface area contributed by atoms with Gasteiger partial charge < -0.3 is 19.8 Å². The Morgan fingerprint density at radius 2 is 2.00 bits per heavy atom. The first-order valence-electron chi connectivity index (χ1n) is 10.6. The van der Waals surface area contributed by atoms with Crippen LogP contribution in [0.5, 0.6) is 5.75 Å². The highest BCUT2D eigenvalue weighted by Crippen LogP contribution is 2.39. The molecular weight excluding hydrogens is 461 g/mol. The summed E-state index contributed by atoms with van der Waals surface area (Å²) in [6, 6.07) is 5.26. The zero-order valence-corrected chi connectivity index (χ0v) is 20.3. The number of fused-ring (bicyclic) bond motifs is 1. The Morgan fingerprint density at radius 3 is 2.65 bits per heavy atom. The number of aryl methyl sites for hydroxylation is 1. The maximum absolute atomic E-state index is 15.3. The first-order valence-corrected chi connectivity index (χ1v) is 10.9. The topological polar surface area (TPSA) is 95.5 Å². The molecule has 0 aliphatic carbocycles. The van der Waals surface area contributed by atoms with Gasteiger partial charge in [-0.25, -0.2) is 19.2 Å². The van der Waals surface area contributed by atoms with Gasteiger partial charge in [0.25, 0.3) is 0 Å². The Bertz CT molecular complexity index is 1350. The fourth-order valence-corrected chi connectivity index (χ4v) is 3.98. The van der Waals surface area contributed by atoms with Crippen LogP contribution in [0, 0.1) is 11.8 Å². The van der Waals surface area contributed by atoms with Crippen LogP contribution < -0.4 is 10.5 Å². The lowest BCUT2D eigenvalue weighted by Crippen LogP contribution is -2.61. The Balaban J connectivity index is 1.75. The molecule has 0 atom stereocenters. The maximum Gasteiger partial charge on any atom is 0.410 e. The molecule has 0 spiro atoms. The fourth-order valence-electron chi connectivity index (χ4n) is 3.78. The SMILES string of the molecule is COc1cc(-c2c(C#CC3(F)CN(C(=O)OC(C)(C)C)C3)n(C)c3ncnc(N)c23)ccc1Cl. The molecule has 1 aliphatic heterocycles. The number of alkyl halides is 1. The molecule has 0 bridgehead atoms. The lowest BCUT2D eigenvalue weighted by atomic mass is 9.96. The minimum Gasteiger partial charge on any atom is -0.495 e. The zero-order valence-electron chi connectivity index (χ0n) is 19.6. The summed E-state index contributed by atoms with van der Waals surface area (Å²) in [5.74, 6) is 6.40. The Hall–Kier alpha value is -3.51. The quantitative estimate of drug-likeness (QED) is 0.547. The highest BCUT2D eigenvalue weighted by Gasteiger charge is 2.46. The summed E-state index contributed by atoms with van der Waals surface area (Å²) in [5, 5.41) is 1.04. The van der Waals surface area contributed by atoms with E-state index in [1.54, 1.807) is 50.6 Å². The standard InChI is InChI=1S/C24H25ClFN5O3/c1-23(2,3)34-22(32)31-11-24(26,12-31)9-8-16-18(14-6-7-15(25)17(10-14)33-5)19-20(27)28-13-29-21(19)30(16)4/h6-7,10,13H,11-12H2,1-5H3,(H2,27,28,29). The summed E-state index contributed by atoms with van der Waals surface area (Å²) < 4.78 is 27.7. The first kappa shape index (κ1) is 23.6. The molecule has 0 saturated carbocycles. The average Bonchev–Trinajstić information content (AvgIpc) is 3.02. The minimum absolute atomic E-state index is 0.176. The Labute approximate surface area is 201 Å². The number of nitrogens with zero attached hydrogens (tertiary/aromatic N) is 4. The van der Waals surface area contributed by atoms with Gasteiger partial charge in [-0.15, -0.1) is 0 Å². The molecule has 3 aromatic rings. The van der Waals surface area contributed by atoms with Crippen LogP contribution in [-0.4, -0.2) is 57.0 Å². The third kappa shape index (κ3) is 4.33. The second-order valence-corrected chi connectivity index (χ2v) is 9.55. The molecular formula is C24H25ClFN5O3. The number of nitrogen functional groups attached to an aromatic ring is 1. The number of hydrogen-bond donors (Lipinski definition) is 1. The monoisotopic (exact) mass is 485 g/mol. The van der Waals surface area contributed by atoms with E-state index in [1.165, 1.54) is 18.3 Å². The van der Waals surface area contributed by atoms with Crippen LogP contribution in [-0.2, 0) is 11.8 Å². The van der Waals surface area contributed by atoms with Crippen molar-refractivity contribution in [2.24, 2.45) is 7.05 Å². The number of anilines is 1. The lowest BCUT2D eigenvalue weighted by molar-refractivity contribution is -0.0271. The van der Waals surface area contributed by atoms with Gasteiger partial charge in [0.05, 0.1) is 30.6 Å². The van der Waals surface area contributed by atoms with E-state index in [1.807, 2.05) is 0 Å². The highest BCUT2D eigenvalue weighted by atomic mass is 35.5. The van der Waals surface area contributed by atoms with E-state index in [2.05, 4.69) is 21.8 Å². The second-order valence-electron chi connectivity index (χ2n) is 9.14. The first-order chi connectivity index (χ1) is 15.9. The van der Waals surface area contributed by atoms with Crippen molar-refractivity contribution in [1.29, 1.82) is 0 Å². The summed E-state index contributed by atoms with van der Waals surface area (Å²) in [6.45, 7) is 4.93. The van der Waals surface area contributed by atoms with Crippen molar-refractivity contribution in [2.75, 3.05) is 25.9 Å². The van der Waals surface area contributed by atoms with E-state index in [9.17, 15) is 4.79 Å². The maximum atomic E-state index is 15.3. The molecule has 2 N–H and O–H groups in total. The molecule has 3 heterocycles. The van der Waals surface area contributed by atoms with Crippen LogP contribution >= 0.6 is 11.6 Å². The van der Waals surface area contributed by atoms with Gasteiger partial charge in [-0.2, -0.15) is 0 Å². The van der Waals surface area contributed by atoms with Crippen molar-refractivity contribution in [3.05, 3.63) is 35.2 Å². The largest absolute Gasteiger partial charge is 0.495 e. The van der Waals surface area contributed by atoms with Crippen LogP contribution in [0.2, 0.25) is 5.02 Å². The molecule has 4 rings (SSSR count). The number of likely N-dealkylation sites (tertiary alicyclic amines) is 1. The molecule has 8 nitrogen and oxygen atoms in total. The summed E-state index contributed by atoms with van der Waals surface area (Å²) >= 11 is 6.21. The third-order valence-corrected chi connectivity index (χ3v) is 5.69.